The molecule has 6 nitrogen and oxygen atoms in total. The highest BCUT2D eigenvalue weighted by molar-refractivity contribution is 9.11. The molecular weight excluding hydrogens is 380 g/mol. The second-order valence-electron chi connectivity index (χ2n) is 2.92. The molecule has 0 heterocycles. The predicted octanol–water partition coefficient (Wildman–Crippen LogP) is 1.79. The third-order valence-electron chi connectivity index (χ3n) is 1.79. The van der Waals surface area contributed by atoms with Gasteiger partial charge in [0.25, 0.3) is 10.2 Å². The van der Waals surface area contributed by atoms with Gasteiger partial charge in [0.2, 0.25) is 0 Å². The number of carboxylic acids is 1. The minimum atomic E-state index is -3.77. The van der Waals surface area contributed by atoms with Gasteiger partial charge in [-0.2, -0.15) is 8.42 Å². The molecule has 0 saturated carbocycles. The zero-order valence-electron chi connectivity index (χ0n) is 8.49. The van der Waals surface area contributed by atoms with Gasteiger partial charge in [-0.05, 0) is 28.1 Å². The zero-order chi connectivity index (χ0) is 13.2. The molecular formula is C8H8Br2N2O4S. The van der Waals surface area contributed by atoms with Crippen molar-refractivity contribution in [3.8, 4) is 0 Å². The molecule has 17 heavy (non-hydrogen) atoms. The van der Waals surface area contributed by atoms with Crippen LogP contribution >= 0.6 is 31.9 Å². The van der Waals surface area contributed by atoms with Crippen molar-refractivity contribution in [2.45, 2.75) is 0 Å². The van der Waals surface area contributed by atoms with E-state index in [0.717, 1.165) is 0 Å². The Morgan fingerprint density at radius 3 is 2.41 bits per heavy atom. The van der Waals surface area contributed by atoms with Gasteiger partial charge in [0, 0.05) is 16.0 Å². The Morgan fingerprint density at radius 2 is 1.94 bits per heavy atom. The van der Waals surface area contributed by atoms with Crippen molar-refractivity contribution in [1.29, 1.82) is 0 Å². The molecule has 0 aliphatic heterocycles. The summed E-state index contributed by atoms with van der Waals surface area (Å²) in [7, 11) is -2.55. The smallest absolute Gasteiger partial charge is 0.337 e. The Kier molecular flexibility index (Phi) is 4.53. The topological polar surface area (TPSA) is 95.5 Å². The summed E-state index contributed by atoms with van der Waals surface area (Å²) in [6.07, 6.45) is 0. The van der Waals surface area contributed by atoms with E-state index in [1.807, 2.05) is 4.72 Å². The fraction of sp³-hybridized carbons (Fsp3) is 0.125. The predicted molar refractivity (Wildman–Crippen MR) is 70.4 cm³/mol. The van der Waals surface area contributed by atoms with E-state index < -0.39 is 16.2 Å². The van der Waals surface area contributed by atoms with E-state index in [-0.39, 0.29) is 11.3 Å². The number of halogens is 2. The second-order valence-corrected chi connectivity index (χ2v) is 6.31. The van der Waals surface area contributed by atoms with E-state index in [0.29, 0.717) is 8.95 Å². The van der Waals surface area contributed by atoms with E-state index in [9.17, 15) is 13.2 Å². The van der Waals surface area contributed by atoms with Crippen molar-refractivity contribution in [2.75, 3.05) is 11.8 Å². The van der Waals surface area contributed by atoms with Gasteiger partial charge in [-0.25, -0.2) is 9.52 Å². The zero-order valence-corrected chi connectivity index (χ0v) is 12.5. The Labute approximate surface area is 115 Å². The van der Waals surface area contributed by atoms with Crippen LogP contribution in [0, 0.1) is 0 Å². The number of benzene rings is 1. The summed E-state index contributed by atoms with van der Waals surface area (Å²) in [4.78, 5) is 11.0. The van der Waals surface area contributed by atoms with Gasteiger partial charge in [-0.15, -0.1) is 0 Å². The van der Waals surface area contributed by atoms with Crippen molar-refractivity contribution in [3.63, 3.8) is 0 Å². The first-order valence-electron chi connectivity index (χ1n) is 4.20. The van der Waals surface area contributed by atoms with Crippen molar-refractivity contribution in [1.82, 2.24) is 4.72 Å². The first-order chi connectivity index (χ1) is 7.76. The van der Waals surface area contributed by atoms with E-state index in [1.165, 1.54) is 13.1 Å². The largest absolute Gasteiger partial charge is 0.478 e. The molecule has 9 heteroatoms. The average Bonchev–Trinajstić information content (AvgIpc) is 2.21. The van der Waals surface area contributed by atoms with Crippen LogP contribution in [0.4, 0.5) is 5.69 Å². The van der Waals surface area contributed by atoms with Gasteiger partial charge in [0.05, 0.1) is 11.3 Å². The van der Waals surface area contributed by atoms with Crippen LogP contribution in [0.1, 0.15) is 10.4 Å². The molecule has 0 aliphatic rings. The maximum absolute atomic E-state index is 11.3. The molecule has 1 aromatic rings. The van der Waals surface area contributed by atoms with Crippen LogP contribution in [0.15, 0.2) is 21.1 Å². The number of nitrogens with one attached hydrogen (secondary N) is 2. The van der Waals surface area contributed by atoms with Crippen LogP contribution in [-0.2, 0) is 10.2 Å². The van der Waals surface area contributed by atoms with Crippen molar-refractivity contribution in [3.05, 3.63) is 26.6 Å². The van der Waals surface area contributed by atoms with Crippen LogP contribution in [-0.4, -0.2) is 26.5 Å². The molecule has 1 aromatic carbocycles. The van der Waals surface area contributed by atoms with Gasteiger partial charge in [-0.1, -0.05) is 15.9 Å². The molecule has 0 spiro atoms. The fourth-order valence-corrected chi connectivity index (χ4v) is 3.08. The number of carboxylic acid groups (broad SMARTS) is 1. The monoisotopic (exact) mass is 386 g/mol. The molecule has 1 rings (SSSR count). The quantitative estimate of drug-likeness (QED) is 0.733. The van der Waals surface area contributed by atoms with Gasteiger partial charge < -0.3 is 5.11 Å². The van der Waals surface area contributed by atoms with Crippen LogP contribution in [0.3, 0.4) is 0 Å². The molecule has 94 valence electrons. The van der Waals surface area contributed by atoms with E-state index >= 15 is 0 Å². The lowest BCUT2D eigenvalue weighted by atomic mass is 10.2. The Hall–Kier alpha value is -0.640. The van der Waals surface area contributed by atoms with Gasteiger partial charge in [-0.3, -0.25) is 4.72 Å². The summed E-state index contributed by atoms with van der Waals surface area (Å²) in [6.45, 7) is 0. The standard InChI is InChI=1S/C8H8Br2N2O4S/c1-11-17(15,16)12-7-5(8(13)14)2-4(9)3-6(7)10/h2-3,11-12H,1H3,(H,13,14). The van der Waals surface area contributed by atoms with Crippen molar-refractivity contribution >= 4 is 53.7 Å². The molecule has 0 atom stereocenters. The van der Waals surface area contributed by atoms with Crippen molar-refractivity contribution in [2.24, 2.45) is 0 Å². The summed E-state index contributed by atoms with van der Waals surface area (Å²) in [5.74, 6) is -1.24. The lowest BCUT2D eigenvalue weighted by Crippen LogP contribution is -2.27. The lowest BCUT2D eigenvalue weighted by molar-refractivity contribution is 0.0698. The van der Waals surface area contributed by atoms with Gasteiger partial charge >= 0.3 is 5.97 Å². The fourth-order valence-electron chi connectivity index (χ4n) is 1.03. The highest BCUT2D eigenvalue weighted by atomic mass is 79.9. The molecule has 0 aliphatic carbocycles. The third-order valence-corrected chi connectivity index (χ3v) is 3.88. The van der Waals surface area contributed by atoms with Crippen LogP contribution in [0.5, 0.6) is 0 Å². The highest BCUT2D eigenvalue weighted by Crippen LogP contribution is 2.31. The summed E-state index contributed by atoms with van der Waals surface area (Å²) in [6, 6.07) is 2.85. The number of aromatic carboxylic acids is 1. The van der Waals surface area contributed by atoms with Crippen molar-refractivity contribution < 1.29 is 18.3 Å². The molecule has 0 fully saturated rings. The summed E-state index contributed by atoms with van der Waals surface area (Å²) in [5.41, 5.74) is -0.194. The molecule has 0 bridgehead atoms. The summed E-state index contributed by atoms with van der Waals surface area (Å²) >= 11 is 6.23. The Morgan fingerprint density at radius 1 is 1.35 bits per heavy atom. The number of anilines is 1. The van der Waals surface area contributed by atoms with E-state index in [4.69, 9.17) is 5.11 Å². The van der Waals surface area contributed by atoms with E-state index in [1.54, 1.807) is 6.07 Å². The minimum absolute atomic E-state index is 0.0324. The number of rotatable bonds is 4. The van der Waals surface area contributed by atoms with Gasteiger partial charge in [0.1, 0.15) is 0 Å². The molecule has 0 aromatic heterocycles. The van der Waals surface area contributed by atoms with Crippen LogP contribution < -0.4 is 9.44 Å². The summed E-state index contributed by atoms with van der Waals surface area (Å²) in [5, 5.41) is 8.99. The number of carbonyl (C=O) groups is 1. The highest BCUT2D eigenvalue weighted by Gasteiger charge is 2.18. The second kappa shape index (κ2) is 5.34. The number of hydrogen-bond acceptors (Lipinski definition) is 3. The lowest BCUT2D eigenvalue weighted by Gasteiger charge is -2.12. The molecule has 0 amide bonds. The van der Waals surface area contributed by atoms with E-state index in [2.05, 4.69) is 36.6 Å². The maximum Gasteiger partial charge on any atom is 0.337 e. The maximum atomic E-state index is 11.3. The van der Waals surface area contributed by atoms with Crippen LogP contribution in [0.25, 0.3) is 0 Å². The SMILES string of the molecule is CNS(=O)(=O)Nc1c(Br)cc(Br)cc1C(=O)O. The van der Waals surface area contributed by atoms with Crippen LogP contribution in [0.2, 0.25) is 0 Å². The Balaban J connectivity index is 3.37. The minimum Gasteiger partial charge on any atom is -0.478 e. The molecule has 0 unspecified atom stereocenters. The summed E-state index contributed by atoms with van der Waals surface area (Å²) < 4.78 is 27.7. The first-order valence-corrected chi connectivity index (χ1v) is 7.27. The molecule has 0 radical (unpaired) electrons. The third kappa shape index (κ3) is 3.66. The molecule has 3 N–H and O–H groups in total. The normalized spacial score (nSPS) is 11.2. The Bertz CT molecular complexity index is 559. The average molecular weight is 388 g/mol. The molecule has 0 saturated heterocycles. The number of hydrogen-bond donors (Lipinski definition) is 3. The van der Waals surface area contributed by atoms with Gasteiger partial charge in [0.15, 0.2) is 0 Å². The first kappa shape index (κ1) is 14.4.